The molecule has 0 bridgehead atoms. The number of aromatic nitrogens is 1. The number of hydrogen-bond acceptors (Lipinski definition) is 3. The van der Waals surface area contributed by atoms with Crippen LogP contribution in [0.15, 0.2) is 24.4 Å². The first-order valence-electron chi connectivity index (χ1n) is 5.82. The molecule has 0 aliphatic heterocycles. The van der Waals surface area contributed by atoms with Gasteiger partial charge in [-0.2, -0.15) is 0 Å². The highest BCUT2D eigenvalue weighted by Crippen LogP contribution is 2.20. The number of carbonyl (C=O) groups excluding carboxylic acids is 1. The number of fused-ring (bicyclic) bond motifs is 1. The van der Waals surface area contributed by atoms with Crippen LogP contribution in [0.5, 0.6) is 0 Å². The van der Waals surface area contributed by atoms with Crippen LogP contribution in [0, 0.1) is 0 Å². The van der Waals surface area contributed by atoms with Crippen molar-refractivity contribution < 1.29 is 9.53 Å². The molecule has 18 heavy (non-hydrogen) atoms. The summed E-state index contributed by atoms with van der Waals surface area (Å²) < 4.78 is 4.74. The molecular formula is C13H17N3O2. The Morgan fingerprint density at radius 2 is 2.33 bits per heavy atom. The van der Waals surface area contributed by atoms with E-state index in [-0.39, 0.29) is 12.5 Å². The number of carbonyl (C=O) groups is 1. The maximum Gasteiger partial charge on any atom is 0.245 e. The zero-order valence-electron chi connectivity index (χ0n) is 10.3. The Bertz CT molecular complexity index is 548. The van der Waals surface area contributed by atoms with Crippen LogP contribution < -0.4 is 11.1 Å². The van der Waals surface area contributed by atoms with E-state index in [9.17, 15) is 4.79 Å². The fraction of sp³-hybridized carbons (Fsp3) is 0.308. The molecule has 0 radical (unpaired) electrons. The van der Waals surface area contributed by atoms with Crippen molar-refractivity contribution in [1.29, 1.82) is 0 Å². The highest BCUT2D eigenvalue weighted by molar-refractivity contribution is 5.86. The van der Waals surface area contributed by atoms with E-state index in [1.165, 1.54) is 7.11 Å². The van der Waals surface area contributed by atoms with Gasteiger partial charge >= 0.3 is 0 Å². The fourth-order valence-corrected chi connectivity index (χ4v) is 1.92. The predicted molar refractivity (Wildman–Crippen MR) is 71.3 cm³/mol. The molecule has 0 saturated carbocycles. The van der Waals surface area contributed by atoms with Crippen molar-refractivity contribution in [2.24, 2.45) is 0 Å². The molecule has 2 aromatic rings. The standard InChI is InChI=1S/C13H17N3O2/c1-18-8-13(17)15-5-4-9-7-16-12-3-2-10(14)6-11(9)12/h2-3,6-7,16H,4-5,8,14H2,1H3,(H,15,17). The van der Waals surface area contributed by atoms with Crippen LogP contribution in [-0.4, -0.2) is 31.2 Å². The lowest BCUT2D eigenvalue weighted by molar-refractivity contribution is -0.124. The van der Waals surface area contributed by atoms with Gasteiger partial charge in [0, 0.05) is 36.4 Å². The van der Waals surface area contributed by atoms with Crippen LogP contribution in [0.4, 0.5) is 5.69 Å². The molecule has 1 amide bonds. The van der Waals surface area contributed by atoms with Gasteiger partial charge in [-0.25, -0.2) is 0 Å². The van der Waals surface area contributed by atoms with E-state index < -0.39 is 0 Å². The van der Waals surface area contributed by atoms with Gasteiger partial charge in [-0.15, -0.1) is 0 Å². The highest BCUT2D eigenvalue weighted by atomic mass is 16.5. The van der Waals surface area contributed by atoms with Crippen LogP contribution in [-0.2, 0) is 16.0 Å². The van der Waals surface area contributed by atoms with Crippen LogP contribution in [0.1, 0.15) is 5.56 Å². The minimum atomic E-state index is -0.100. The summed E-state index contributed by atoms with van der Waals surface area (Å²) in [4.78, 5) is 14.4. The molecule has 1 aromatic carbocycles. The zero-order valence-corrected chi connectivity index (χ0v) is 10.3. The molecule has 0 spiro atoms. The number of benzene rings is 1. The second-order valence-corrected chi connectivity index (χ2v) is 4.15. The number of anilines is 1. The number of amides is 1. The monoisotopic (exact) mass is 247 g/mol. The summed E-state index contributed by atoms with van der Waals surface area (Å²) in [5, 5.41) is 3.90. The molecular weight excluding hydrogens is 230 g/mol. The number of ether oxygens (including phenoxy) is 1. The van der Waals surface area contributed by atoms with Crippen molar-refractivity contribution in [2.45, 2.75) is 6.42 Å². The van der Waals surface area contributed by atoms with Gasteiger partial charge < -0.3 is 20.8 Å². The first-order chi connectivity index (χ1) is 8.70. The molecule has 0 fully saturated rings. The fourth-order valence-electron chi connectivity index (χ4n) is 1.92. The lowest BCUT2D eigenvalue weighted by atomic mass is 10.1. The SMILES string of the molecule is COCC(=O)NCCc1c[nH]c2ccc(N)cc12. The summed E-state index contributed by atoms with van der Waals surface area (Å²) in [7, 11) is 1.50. The molecule has 1 heterocycles. The molecule has 5 nitrogen and oxygen atoms in total. The third-order valence-corrected chi connectivity index (χ3v) is 2.78. The Kier molecular flexibility index (Phi) is 3.84. The topological polar surface area (TPSA) is 80.1 Å². The summed E-state index contributed by atoms with van der Waals surface area (Å²) in [6.45, 7) is 0.685. The van der Waals surface area contributed by atoms with Gasteiger partial charge in [0.05, 0.1) is 0 Å². The summed E-state index contributed by atoms with van der Waals surface area (Å²) >= 11 is 0. The van der Waals surface area contributed by atoms with Gasteiger partial charge in [0.1, 0.15) is 6.61 Å². The largest absolute Gasteiger partial charge is 0.399 e. The lowest BCUT2D eigenvalue weighted by Crippen LogP contribution is -2.28. The number of H-pyrrole nitrogens is 1. The predicted octanol–water partition coefficient (Wildman–Crippen LogP) is 1.06. The van der Waals surface area contributed by atoms with Gasteiger partial charge in [0.15, 0.2) is 0 Å². The maximum absolute atomic E-state index is 11.2. The second kappa shape index (κ2) is 5.55. The van der Waals surface area contributed by atoms with E-state index in [1.54, 1.807) is 0 Å². The summed E-state index contributed by atoms with van der Waals surface area (Å²) in [6, 6.07) is 5.76. The van der Waals surface area contributed by atoms with Crippen LogP contribution in [0.3, 0.4) is 0 Å². The average molecular weight is 247 g/mol. The summed E-state index contributed by atoms with van der Waals surface area (Å²) in [6.07, 6.45) is 2.71. The molecule has 0 aliphatic carbocycles. The average Bonchev–Trinajstić information content (AvgIpc) is 2.72. The molecule has 0 saturated heterocycles. The third-order valence-electron chi connectivity index (χ3n) is 2.78. The van der Waals surface area contributed by atoms with E-state index in [2.05, 4.69) is 10.3 Å². The number of aromatic amines is 1. The van der Waals surface area contributed by atoms with Crippen molar-refractivity contribution in [3.05, 3.63) is 30.0 Å². The van der Waals surface area contributed by atoms with E-state index in [4.69, 9.17) is 10.5 Å². The molecule has 0 atom stereocenters. The van der Waals surface area contributed by atoms with Crippen LogP contribution in [0.25, 0.3) is 10.9 Å². The number of nitrogens with two attached hydrogens (primary N) is 1. The zero-order chi connectivity index (χ0) is 13.0. The molecule has 0 unspecified atom stereocenters. The highest BCUT2D eigenvalue weighted by Gasteiger charge is 2.05. The summed E-state index contributed by atoms with van der Waals surface area (Å²) in [5.41, 5.74) is 8.72. The quantitative estimate of drug-likeness (QED) is 0.691. The van der Waals surface area contributed by atoms with Crippen molar-refractivity contribution in [3.8, 4) is 0 Å². The van der Waals surface area contributed by atoms with Crippen molar-refractivity contribution >= 4 is 22.5 Å². The first-order valence-corrected chi connectivity index (χ1v) is 5.82. The molecule has 1 aromatic heterocycles. The Balaban J connectivity index is 1.99. The molecule has 5 heteroatoms. The Labute approximate surface area is 105 Å². The minimum absolute atomic E-state index is 0.0980. The molecule has 0 aliphatic rings. The smallest absolute Gasteiger partial charge is 0.245 e. The third kappa shape index (κ3) is 2.81. The number of rotatable bonds is 5. The van der Waals surface area contributed by atoms with Gasteiger partial charge in [-0.1, -0.05) is 0 Å². The maximum atomic E-state index is 11.2. The molecule has 96 valence electrons. The molecule has 4 N–H and O–H groups in total. The van der Waals surface area contributed by atoms with E-state index in [0.29, 0.717) is 6.54 Å². The first kappa shape index (κ1) is 12.4. The van der Waals surface area contributed by atoms with Gasteiger partial charge in [-0.05, 0) is 30.2 Å². The van der Waals surface area contributed by atoms with Gasteiger partial charge in [-0.3, -0.25) is 4.79 Å². The van der Waals surface area contributed by atoms with Gasteiger partial charge in [0.25, 0.3) is 0 Å². The van der Waals surface area contributed by atoms with E-state index >= 15 is 0 Å². The van der Waals surface area contributed by atoms with Crippen molar-refractivity contribution in [2.75, 3.05) is 26.0 Å². The molecule has 2 rings (SSSR count). The van der Waals surface area contributed by atoms with Crippen molar-refractivity contribution in [1.82, 2.24) is 10.3 Å². The Hall–Kier alpha value is -2.01. The number of nitrogen functional groups attached to an aromatic ring is 1. The lowest BCUT2D eigenvalue weighted by Gasteiger charge is -2.04. The minimum Gasteiger partial charge on any atom is -0.399 e. The van der Waals surface area contributed by atoms with Gasteiger partial charge in [0.2, 0.25) is 5.91 Å². The Morgan fingerprint density at radius 1 is 1.50 bits per heavy atom. The van der Waals surface area contributed by atoms with E-state index in [1.807, 2.05) is 24.4 Å². The second-order valence-electron chi connectivity index (χ2n) is 4.15. The van der Waals surface area contributed by atoms with E-state index in [0.717, 1.165) is 28.6 Å². The van der Waals surface area contributed by atoms with Crippen molar-refractivity contribution in [3.63, 3.8) is 0 Å². The number of methoxy groups -OCH3 is 1. The summed E-state index contributed by atoms with van der Waals surface area (Å²) in [5.74, 6) is -0.100. The normalized spacial score (nSPS) is 10.7. The number of nitrogens with one attached hydrogen (secondary N) is 2. The number of hydrogen-bond donors (Lipinski definition) is 3. The van der Waals surface area contributed by atoms with Crippen LogP contribution in [0.2, 0.25) is 0 Å². The Morgan fingerprint density at radius 3 is 3.11 bits per heavy atom. The van der Waals surface area contributed by atoms with Crippen LogP contribution >= 0.6 is 0 Å².